The molecule has 1 aliphatic rings. The molecule has 0 spiro atoms. The van der Waals surface area contributed by atoms with Gasteiger partial charge in [0.1, 0.15) is 5.75 Å². The molecular formula is C19H20ClN3O3. The molecule has 1 N–H and O–H groups in total. The summed E-state index contributed by atoms with van der Waals surface area (Å²) in [7, 11) is 3.90. The standard InChI is InChI=1S/C19H20ClN3O3/c1-22(2)9-10-23-16-11-13(7-8-17(16)26-12-18(23)24)21-19(25)14-5-3-4-6-15(14)20/h3-8,11H,9-10,12H2,1-2H3,(H,21,25). The number of anilines is 2. The number of nitrogens with zero attached hydrogens (tertiary/aromatic N) is 2. The molecule has 3 rings (SSSR count). The summed E-state index contributed by atoms with van der Waals surface area (Å²) < 4.78 is 5.50. The van der Waals surface area contributed by atoms with Crippen LogP contribution in [0, 0.1) is 0 Å². The van der Waals surface area contributed by atoms with Crippen LogP contribution in [0.4, 0.5) is 11.4 Å². The fourth-order valence-electron chi connectivity index (χ4n) is 2.67. The minimum Gasteiger partial charge on any atom is -0.482 e. The molecule has 6 nitrogen and oxygen atoms in total. The molecule has 2 aromatic carbocycles. The van der Waals surface area contributed by atoms with E-state index in [9.17, 15) is 9.59 Å². The summed E-state index contributed by atoms with van der Waals surface area (Å²) >= 11 is 6.08. The summed E-state index contributed by atoms with van der Waals surface area (Å²) in [4.78, 5) is 28.4. The highest BCUT2D eigenvalue weighted by Gasteiger charge is 2.26. The van der Waals surface area contributed by atoms with Crippen LogP contribution >= 0.6 is 11.6 Å². The van der Waals surface area contributed by atoms with Crippen LogP contribution in [-0.2, 0) is 4.79 Å². The van der Waals surface area contributed by atoms with Gasteiger partial charge in [0.2, 0.25) is 0 Å². The van der Waals surface area contributed by atoms with Crippen molar-refractivity contribution in [2.75, 3.05) is 44.0 Å². The number of amides is 2. The van der Waals surface area contributed by atoms with E-state index in [1.165, 1.54) is 0 Å². The molecule has 2 amide bonds. The molecule has 7 heteroatoms. The lowest BCUT2D eigenvalue weighted by molar-refractivity contribution is -0.121. The molecule has 0 aromatic heterocycles. The Bertz CT molecular complexity index is 839. The van der Waals surface area contributed by atoms with Crippen molar-refractivity contribution in [3.05, 3.63) is 53.1 Å². The number of ether oxygens (including phenoxy) is 1. The number of halogens is 1. The molecule has 0 fully saturated rings. The van der Waals surface area contributed by atoms with Crippen LogP contribution in [0.3, 0.4) is 0 Å². The summed E-state index contributed by atoms with van der Waals surface area (Å²) in [6.45, 7) is 1.29. The molecule has 1 heterocycles. The van der Waals surface area contributed by atoms with Crippen LogP contribution in [-0.4, -0.2) is 50.5 Å². The molecule has 0 radical (unpaired) electrons. The summed E-state index contributed by atoms with van der Waals surface area (Å²) in [6.07, 6.45) is 0. The molecular weight excluding hydrogens is 354 g/mol. The van der Waals surface area contributed by atoms with Gasteiger partial charge in [0.15, 0.2) is 6.61 Å². The van der Waals surface area contributed by atoms with Crippen molar-refractivity contribution in [1.29, 1.82) is 0 Å². The summed E-state index contributed by atoms with van der Waals surface area (Å²) in [5, 5.41) is 3.21. The predicted molar refractivity (Wildman–Crippen MR) is 102 cm³/mol. The smallest absolute Gasteiger partial charge is 0.265 e. The number of benzene rings is 2. The number of hydrogen-bond acceptors (Lipinski definition) is 4. The zero-order chi connectivity index (χ0) is 18.7. The van der Waals surface area contributed by atoms with Gasteiger partial charge in [-0.2, -0.15) is 0 Å². The van der Waals surface area contributed by atoms with E-state index in [4.69, 9.17) is 16.3 Å². The van der Waals surface area contributed by atoms with E-state index in [2.05, 4.69) is 5.32 Å². The SMILES string of the molecule is CN(C)CCN1C(=O)COc2ccc(NC(=O)c3ccccc3Cl)cc21. The van der Waals surface area contributed by atoms with Crippen LogP contribution < -0.4 is 15.0 Å². The first-order valence-electron chi connectivity index (χ1n) is 8.23. The molecule has 0 saturated heterocycles. The van der Waals surface area contributed by atoms with Crippen molar-refractivity contribution in [1.82, 2.24) is 4.90 Å². The summed E-state index contributed by atoms with van der Waals surface area (Å²) in [5.41, 5.74) is 1.62. The van der Waals surface area contributed by atoms with Crippen LogP contribution in [0.5, 0.6) is 5.75 Å². The van der Waals surface area contributed by atoms with Crippen LogP contribution in [0.2, 0.25) is 5.02 Å². The number of carbonyl (C=O) groups excluding carboxylic acids is 2. The Hall–Kier alpha value is -2.57. The Morgan fingerprint density at radius 2 is 2.04 bits per heavy atom. The first kappa shape index (κ1) is 18.2. The maximum absolute atomic E-state index is 12.4. The van der Waals surface area contributed by atoms with Gasteiger partial charge >= 0.3 is 0 Å². The van der Waals surface area contributed by atoms with Gasteiger partial charge in [-0.25, -0.2) is 0 Å². The largest absolute Gasteiger partial charge is 0.482 e. The maximum atomic E-state index is 12.4. The Balaban J connectivity index is 1.84. The van der Waals surface area contributed by atoms with Gasteiger partial charge in [-0.15, -0.1) is 0 Å². The third-order valence-corrected chi connectivity index (χ3v) is 4.38. The van der Waals surface area contributed by atoms with Crippen molar-refractivity contribution < 1.29 is 14.3 Å². The molecule has 1 aliphatic heterocycles. The van der Waals surface area contributed by atoms with Gasteiger partial charge in [-0.1, -0.05) is 23.7 Å². The summed E-state index contributed by atoms with van der Waals surface area (Å²) in [6, 6.07) is 12.1. The summed E-state index contributed by atoms with van der Waals surface area (Å²) in [5.74, 6) is 0.214. The predicted octanol–water partition coefficient (Wildman–Crippen LogP) is 2.88. The minimum absolute atomic E-state index is 0.0196. The Morgan fingerprint density at radius 3 is 2.77 bits per heavy atom. The third-order valence-electron chi connectivity index (χ3n) is 4.05. The van der Waals surface area contributed by atoms with Crippen LogP contribution in [0.1, 0.15) is 10.4 Å². The number of hydrogen-bond donors (Lipinski definition) is 1. The van der Waals surface area contributed by atoms with Crippen LogP contribution in [0.25, 0.3) is 0 Å². The Kier molecular flexibility index (Phi) is 5.44. The van der Waals surface area contributed by atoms with Gasteiger partial charge < -0.3 is 19.9 Å². The fourth-order valence-corrected chi connectivity index (χ4v) is 2.89. The van der Waals surface area contributed by atoms with Crippen molar-refractivity contribution in [3.8, 4) is 5.75 Å². The molecule has 0 bridgehead atoms. The number of likely N-dealkylation sites (N-methyl/N-ethyl adjacent to an activating group) is 1. The van der Waals surface area contributed by atoms with Crippen molar-refractivity contribution >= 4 is 34.8 Å². The van der Waals surface area contributed by atoms with Crippen molar-refractivity contribution in [2.45, 2.75) is 0 Å². The Labute approximate surface area is 157 Å². The Morgan fingerprint density at radius 1 is 1.27 bits per heavy atom. The van der Waals surface area contributed by atoms with E-state index < -0.39 is 0 Å². The lowest BCUT2D eigenvalue weighted by atomic mass is 10.1. The van der Waals surface area contributed by atoms with Gasteiger partial charge in [-0.3, -0.25) is 9.59 Å². The number of carbonyl (C=O) groups is 2. The molecule has 2 aromatic rings. The second-order valence-electron chi connectivity index (χ2n) is 6.25. The highest BCUT2D eigenvalue weighted by Crippen LogP contribution is 2.34. The molecule has 26 heavy (non-hydrogen) atoms. The van der Waals surface area contributed by atoms with E-state index in [-0.39, 0.29) is 18.4 Å². The van der Waals surface area contributed by atoms with Crippen molar-refractivity contribution in [3.63, 3.8) is 0 Å². The molecule has 136 valence electrons. The minimum atomic E-state index is -0.307. The second-order valence-corrected chi connectivity index (χ2v) is 6.66. The first-order chi connectivity index (χ1) is 12.5. The molecule has 0 atom stereocenters. The zero-order valence-electron chi connectivity index (χ0n) is 14.7. The number of nitrogens with one attached hydrogen (secondary N) is 1. The van der Waals surface area contributed by atoms with Gasteiger partial charge in [-0.05, 0) is 44.4 Å². The second kappa shape index (κ2) is 7.76. The lowest BCUT2D eigenvalue weighted by Gasteiger charge is -2.30. The molecule has 0 aliphatic carbocycles. The van der Waals surface area contributed by atoms with Gasteiger partial charge in [0.05, 0.1) is 16.3 Å². The third kappa shape index (κ3) is 3.98. The van der Waals surface area contributed by atoms with E-state index in [1.54, 1.807) is 47.4 Å². The average molecular weight is 374 g/mol. The number of rotatable bonds is 5. The first-order valence-corrected chi connectivity index (χ1v) is 8.61. The topological polar surface area (TPSA) is 61.9 Å². The highest BCUT2D eigenvalue weighted by molar-refractivity contribution is 6.34. The maximum Gasteiger partial charge on any atom is 0.265 e. The van der Waals surface area contributed by atoms with E-state index in [0.717, 1.165) is 6.54 Å². The van der Waals surface area contributed by atoms with Crippen molar-refractivity contribution in [2.24, 2.45) is 0 Å². The van der Waals surface area contributed by atoms with E-state index >= 15 is 0 Å². The number of fused-ring (bicyclic) bond motifs is 1. The van der Waals surface area contributed by atoms with Gasteiger partial charge in [0, 0.05) is 18.8 Å². The monoisotopic (exact) mass is 373 g/mol. The van der Waals surface area contributed by atoms with E-state index in [0.29, 0.717) is 34.3 Å². The lowest BCUT2D eigenvalue weighted by Crippen LogP contribution is -2.42. The van der Waals surface area contributed by atoms with Gasteiger partial charge in [0.25, 0.3) is 11.8 Å². The van der Waals surface area contributed by atoms with Crippen LogP contribution in [0.15, 0.2) is 42.5 Å². The molecule has 0 unspecified atom stereocenters. The molecule has 0 saturated carbocycles. The normalized spacial score (nSPS) is 13.4. The fraction of sp³-hybridized carbons (Fsp3) is 0.263. The zero-order valence-corrected chi connectivity index (χ0v) is 15.4. The highest BCUT2D eigenvalue weighted by atomic mass is 35.5. The average Bonchev–Trinajstić information content (AvgIpc) is 2.61. The van der Waals surface area contributed by atoms with E-state index in [1.807, 2.05) is 19.0 Å². The quantitative estimate of drug-likeness (QED) is 0.875.